The summed E-state index contributed by atoms with van der Waals surface area (Å²) in [4.78, 5) is 24.9. The van der Waals surface area contributed by atoms with Crippen molar-refractivity contribution in [3.8, 4) is 5.75 Å². The summed E-state index contributed by atoms with van der Waals surface area (Å²) in [6.45, 7) is 0. The number of methoxy groups -OCH3 is 1. The van der Waals surface area contributed by atoms with E-state index in [0.29, 0.717) is 11.4 Å². The zero-order chi connectivity index (χ0) is 15.4. The SMILES string of the molecule is COc1cccc(NC(=O)[C@@H]2[C@H]3C[C@H]4[C@H](OC(=O)[C@@H]42)[C@H]3Br)c1. The fourth-order valence-corrected chi connectivity index (χ4v) is 5.30. The summed E-state index contributed by atoms with van der Waals surface area (Å²) in [5, 5.41) is 2.92. The van der Waals surface area contributed by atoms with Crippen LogP contribution < -0.4 is 10.1 Å². The quantitative estimate of drug-likeness (QED) is 0.658. The highest BCUT2D eigenvalue weighted by molar-refractivity contribution is 9.09. The Morgan fingerprint density at radius 2 is 2.23 bits per heavy atom. The van der Waals surface area contributed by atoms with Crippen molar-refractivity contribution in [2.45, 2.75) is 17.4 Å². The summed E-state index contributed by atoms with van der Waals surface area (Å²) >= 11 is 3.62. The summed E-state index contributed by atoms with van der Waals surface area (Å²) < 4.78 is 10.6. The zero-order valence-corrected chi connectivity index (χ0v) is 13.6. The topological polar surface area (TPSA) is 64.6 Å². The lowest BCUT2D eigenvalue weighted by atomic mass is 9.79. The molecule has 6 heteroatoms. The smallest absolute Gasteiger partial charge is 0.310 e. The van der Waals surface area contributed by atoms with Gasteiger partial charge in [-0.2, -0.15) is 0 Å². The molecule has 0 radical (unpaired) electrons. The molecule has 1 aliphatic heterocycles. The maximum Gasteiger partial charge on any atom is 0.310 e. The predicted octanol–water partition coefficient (Wildman–Crippen LogP) is 2.20. The van der Waals surface area contributed by atoms with Gasteiger partial charge >= 0.3 is 5.97 Å². The number of anilines is 1. The first-order valence-corrected chi connectivity index (χ1v) is 8.31. The van der Waals surface area contributed by atoms with Crippen LogP contribution in [0.4, 0.5) is 5.69 Å². The molecule has 4 rings (SSSR count). The number of hydrogen-bond acceptors (Lipinski definition) is 4. The van der Waals surface area contributed by atoms with Crippen LogP contribution in [-0.4, -0.2) is 29.9 Å². The van der Waals surface area contributed by atoms with E-state index >= 15 is 0 Å². The van der Waals surface area contributed by atoms with Crippen LogP contribution in [0.2, 0.25) is 0 Å². The van der Waals surface area contributed by atoms with Gasteiger partial charge < -0.3 is 14.8 Å². The van der Waals surface area contributed by atoms with Gasteiger partial charge in [-0.25, -0.2) is 0 Å². The van der Waals surface area contributed by atoms with E-state index in [1.807, 2.05) is 18.2 Å². The second-order valence-electron chi connectivity index (χ2n) is 6.18. The van der Waals surface area contributed by atoms with Crippen LogP contribution in [-0.2, 0) is 14.3 Å². The maximum atomic E-state index is 12.7. The summed E-state index contributed by atoms with van der Waals surface area (Å²) in [6, 6.07) is 7.23. The monoisotopic (exact) mass is 365 g/mol. The zero-order valence-electron chi connectivity index (χ0n) is 12.0. The fraction of sp³-hybridized carbons (Fsp3) is 0.500. The lowest BCUT2D eigenvalue weighted by molar-refractivity contribution is -0.145. The number of carbonyl (C=O) groups excluding carboxylic acids is 2. The lowest BCUT2D eigenvalue weighted by Gasteiger charge is -2.27. The number of benzene rings is 1. The molecule has 1 amide bonds. The van der Waals surface area contributed by atoms with E-state index < -0.39 is 0 Å². The third kappa shape index (κ3) is 1.89. The minimum Gasteiger partial charge on any atom is -0.497 e. The first-order chi connectivity index (χ1) is 10.6. The molecule has 2 saturated carbocycles. The molecule has 1 aromatic carbocycles. The van der Waals surface area contributed by atoms with Gasteiger partial charge in [-0.1, -0.05) is 22.0 Å². The van der Waals surface area contributed by atoms with Gasteiger partial charge in [-0.15, -0.1) is 0 Å². The van der Waals surface area contributed by atoms with E-state index in [2.05, 4.69) is 21.2 Å². The van der Waals surface area contributed by atoms with Crippen LogP contribution in [0, 0.1) is 23.7 Å². The Bertz CT molecular complexity index is 649. The van der Waals surface area contributed by atoms with Crippen molar-refractivity contribution in [3.63, 3.8) is 0 Å². The molecular weight excluding hydrogens is 350 g/mol. The second-order valence-corrected chi connectivity index (χ2v) is 7.24. The highest BCUT2D eigenvalue weighted by atomic mass is 79.9. The average Bonchev–Trinajstić information content (AvgIpc) is 3.11. The second kappa shape index (κ2) is 4.98. The number of carbonyl (C=O) groups is 2. The highest BCUT2D eigenvalue weighted by Gasteiger charge is 2.67. The van der Waals surface area contributed by atoms with Crippen molar-refractivity contribution in [3.05, 3.63) is 24.3 Å². The van der Waals surface area contributed by atoms with Crippen molar-refractivity contribution >= 4 is 33.5 Å². The molecule has 2 bridgehead atoms. The first-order valence-electron chi connectivity index (χ1n) is 7.39. The predicted molar refractivity (Wildman–Crippen MR) is 82.8 cm³/mol. The van der Waals surface area contributed by atoms with Gasteiger partial charge in [0.15, 0.2) is 0 Å². The van der Waals surface area contributed by atoms with Crippen molar-refractivity contribution < 1.29 is 19.1 Å². The van der Waals surface area contributed by atoms with Crippen LogP contribution in [0.25, 0.3) is 0 Å². The van der Waals surface area contributed by atoms with Gasteiger partial charge in [0.25, 0.3) is 0 Å². The number of alkyl halides is 1. The van der Waals surface area contributed by atoms with Crippen molar-refractivity contribution in [1.29, 1.82) is 0 Å². The Balaban J connectivity index is 1.57. The number of fused-ring (bicyclic) bond motifs is 1. The van der Waals surface area contributed by atoms with Crippen LogP contribution in [0.3, 0.4) is 0 Å². The Morgan fingerprint density at radius 1 is 1.41 bits per heavy atom. The Hall–Kier alpha value is -1.56. The van der Waals surface area contributed by atoms with E-state index in [9.17, 15) is 9.59 Å². The number of esters is 1. The van der Waals surface area contributed by atoms with Gasteiger partial charge in [-0.3, -0.25) is 9.59 Å². The number of hydrogen-bond donors (Lipinski definition) is 1. The van der Waals surface area contributed by atoms with Crippen LogP contribution in [0.15, 0.2) is 24.3 Å². The van der Waals surface area contributed by atoms with Crippen molar-refractivity contribution in [1.82, 2.24) is 0 Å². The number of rotatable bonds is 3. The van der Waals surface area contributed by atoms with Gasteiger partial charge in [0.1, 0.15) is 11.9 Å². The number of amides is 1. The first kappa shape index (κ1) is 14.1. The standard InChI is InChI=1S/C16H16BrNO4/c1-21-8-4-2-3-7(5-8)18-15(19)11-9-6-10-12(11)16(20)22-14(10)13(9)17/h2-5,9-14H,6H2,1H3,(H,18,19)/t9-,10-,11-,12+,13+,14+/m1/s1. The molecule has 1 aromatic rings. The third-order valence-electron chi connectivity index (χ3n) is 5.16. The molecule has 5 nitrogen and oxygen atoms in total. The van der Waals surface area contributed by atoms with E-state index in [-0.39, 0.29) is 46.5 Å². The van der Waals surface area contributed by atoms with Crippen LogP contribution in [0.1, 0.15) is 6.42 Å². The Labute approximate surface area is 136 Å². The summed E-state index contributed by atoms with van der Waals surface area (Å²) in [6.07, 6.45) is 0.830. The maximum absolute atomic E-state index is 12.7. The van der Waals surface area contributed by atoms with E-state index in [4.69, 9.17) is 9.47 Å². The molecule has 0 aromatic heterocycles. The van der Waals surface area contributed by atoms with Gasteiger partial charge in [0, 0.05) is 17.7 Å². The van der Waals surface area contributed by atoms with Crippen molar-refractivity contribution in [2.75, 3.05) is 12.4 Å². The minimum atomic E-state index is -0.313. The van der Waals surface area contributed by atoms with Gasteiger partial charge in [-0.05, 0) is 24.5 Å². The molecule has 3 fully saturated rings. The van der Waals surface area contributed by atoms with E-state index in [1.54, 1.807) is 13.2 Å². The molecular formula is C16H16BrNO4. The van der Waals surface area contributed by atoms with Crippen LogP contribution >= 0.6 is 15.9 Å². The minimum absolute atomic E-state index is 0.0524. The number of nitrogens with one attached hydrogen (secondary N) is 1. The fourth-order valence-electron chi connectivity index (χ4n) is 4.26. The van der Waals surface area contributed by atoms with Crippen LogP contribution in [0.5, 0.6) is 5.75 Å². The molecule has 6 atom stereocenters. The third-order valence-corrected chi connectivity index (χ3v) is 6.36. The molecule has 116 valence electrons. The molecule has 1 heterocycles. The molecule has 22 heavy (non-hydrogen) atoms. The largest absolute Gasteiger partial charge is 0.497 e. The molecule has 3 aliphatic rings. The number of halogens is 1. The normalized spacial score (nSPS) is 38.0. The molecule has 0 spiro atoms. The Morgan fingerprint density at radius 3 is 3.00 bits per heavy atom. The van der Waals surface area contributed by atoms with E-state index in [1.165, 1.54) is 0 Å². The van der Waals surface area contributed by atoms with Crippen molar-refractivity contribution in [2.24, 2.45) is 23.7 Å². The van der Waals surface area contributed by atoms with Gasteiger partial charge in [0.2, 0.25) is 5.91 Å². The summed E-state index contributed by atoms with van der Waals surface area (Å²) in [5.41, 5.74) is 0.682. The summed E-state index contributed by atoms with van der Waals surface area (Å²) in [7, 11) is 1.58. The molecule has 2 aliphatic carbocycles. The number of ether oxygens (including phenoxy) is 2. The lowest BCUT2D eigenvalue weighted by Crippen LogP contribution is -2.40. The Kier molecular flexibility index (Phi) is 3.18. The van der Waals surface area contributed by atoms with Gasteiger partial charge in [0.05, 0.1) is 23.8 Å². The highest BCUT2D eigenvalue weighted by Crippen LogP contribution is 2.60. The van der Waals surface area contributed by atoms with E-state index in [0.717, 1.165) is 6.42 Å². The molecule has 1 saturated heterocycles. The molecule has 1 N–H and O–H groups in total. The average molecular weight is 366 g/mol. The molecule has 0 unspecified atom stereocenters. The summed E-state index contributed by atoms with van der Waals surface area (Å²) in [5.74, 6) is 0.114.